The summed E-state index contributed by atoms with van der Waals surface area (Å²) in [5, 5.41) is 14.0. The molecule has 8 heteroatoms. The molecule has 0 aromatic heterocycles. The third kappa shape index (κ3) is 5.80. The third-order valence-electron chi connectivity index (χ3n) is 4.74. The molecule has 2 rings (SSSR count). The number of hydrogen-bond acceptors (Lipinski definition) is 4. The van der Waals surface area contributed by atoms with Crippen molar-refractivity contribution in [3.05, 3.63) is 29.8 Å². The molecule has 152 valence electrons. The first kappa shape index (κ1) is 21.4. The Hall–Kier alpha value is -2.90. The number of piperidine rings is 1. The lowest BCUT2D eigenvalue weighted by molar-refractivity contribution is -0.139. The lowest BCUT2D eigenvalue weighted by atomic mass is 9.96. The minimum absolute atomic E-state index is 0.0888. The number of anilines is 1. The van der Waals surface area contributed by atoms with Crippen LogP contribution in [0.3, 0.4) is 0 Å². The Labute approximate surface area is 164 Å². The number of nitrogens with zero attached hydrogens (tertiary/aromatic N) is 1. The van der Waals surface area contributed by atoms with Gasteiger partial charge in [0.2, 0.25) is 11.8 Å². The van der Waals surface area contributed by atoms with E-state index in [4.69, 9.17) is 5.11 Å². The zero-order chi connectivity index (χ0) is 20.7. The predicted octanol–water partition coefficient (Wildman–Crippen LogP) is 1.87. The van der Waals surface area contributed by atoms with Crippen molar-refractivity contribution >= 4 is 29.4 Å². The van der Waals surface area contributed by atoms with Gasteiger partial charge in [0.15, 0.2) is 0 Å². The lowest BCUT2D eigenvalue weighted by Gasteiger charge is -2.32. The number of carbonyl (C=O) groups excluding carboxylic acids is 3. The summed E-state index contributed by atoms with van der Waals surface area (Å²) in [4.78, 5) is 49.2. The van der Waals surface area contributed by atoms with E-state index < -0.39 is 17.9 Å². The fraction of sp³-hybridized carbons (Fsp3) is 0.500. The van der Waals surface area contributed by atoms with Gasteiger partial charge in [0.1, 0.15) is 6.04 Å². The van der Waals surface area contributed by atoms with Gasteiger partial charge in [0, 0.05) is 30.8 Å². The highest BCUT2D eigenvalue weighted by molar-refractivity contribution is 5.98. The summed E-state index contributed by atoms with van der Waals surface area (Å²) in [5.74, 6) is -1.92. The summed E-state index contributed by atoms with van der Waals surface area (Å²) < 4.78 is 0. The van der Waals surface area contributed by atoms with Crippen molar-refractivity contribution in [2.45, 2.75) is 45.6 Å². The number of carbonyl (C=O) groups is 4. The van der Waals surface area contributed by atoms with Gasteiger partial charge in [-0.25, -0.2) is 0 Å². The number of nitrogens with one attached hydrogen (secondary N) is 2. The molecular weight excluding hydrogens is 362 g/mol. The van der Waals surface area contributed by atoms with E-state index in [1.807, 2.05) is 6.92 Å². The van der Waals surface area contributed by atoms with Crippen molar-refractivity contribution in [2.24, 2.45) is 5.92 Å². The van der Waals surface area contributed by atoms with Crippen molar-refractivity contribution in [3.8, 4) is 0 Å². The quantitative estimate of drug-likeness (QED) is 0.658. The van der Waals surface area contributed by atoms with Crippen LogP contribution < -0.4 is 10.6 Å². The zero-order valence-electron chi connectivity index (χ0n) is 16.2. The normalized spacial score (nSPS) is 17.5. The predicted molar refractivity (Wildman–Crippen MR) is 104 cm³/mol. The van der Waals surface area contributed by atoms with Crippen molar-refractivity contribution in [1.29, 1.82) is 0 Å². The van der Waals surface area contributed by atoms with Crippen LogP contribution in [0.2, 0.25) is 0 Å². The Morgan fingerprint density at radius 1 is 1.21 bits per heavy atom. The van der Waals surface area contributed by atoms with E-state index in [-0.39, 0.29) is 17.7 Å². The molecule has 0 saturated carbocycles. The van der Waals surface area contributed by atoms with E-state index in [1.165, 1.54) is 19.1 Å². The van der Waals surface area contributed by atoms with Crippen molar-refractivity contribution in [1.82, 2.24) is 10.2 Å². The molecule has 28 heavy (non-hydrogen) atoms. The minimum atomic E-state index is -1.11. The Morgan fingerprint density at radius 3 is 2.50 bits per heavy atom. The van der Waals surface area contributed by atoms with Crippen molar-refractivity contribution < 1.29 is 24.3 Å². The number of rotatable bonds is 7. The second-order valence-corrected chi connectivity index (χ2v) is 7.03. The highest BCUT2D eigenvalue weighted by Crippen LogP contribution is 2.20. The molecule has 2 atom stereocenters. The van der Waals surface area contributed by atoms with Crippen LogP contribution in [0.5, 0.6) is 0 Å². The van der Waals surface area contributed by atoms with Gasteiger partial charge in [-0.2, -0.15) is 0 Å². The molecule has 0 aliphatic carbocycles. The SMILES string of the molecule is CCCC(=O)N1CCCC(C(=O)Nc2ccc(C(=O)NC(C)C(=O)O)cc2)C1. The van der Waals surface area contributed by atoms with Crippen molar-refractivity contribution in [2.75, 3.05) is 18.4 Å². The maximum absolute atomic E-state index is 12.5. The molecule has 1 aromatic rings. The molecule has 0 spiro atoms. The van der Waals surface area contributed by atoms with E-state index in [0.29, 0.717) is 30.8 Å². The Balaban J connectivity index is 1.92. The number of aliphatic carboxylic acids is 1. The second-order valence-electron chi connectivity index (χ2n) is 7.03. The van der Waals surface area contributed by atoms with Gasteiger partial charge in [-0.1, -0.05) is 6.92 Å². The lowest BCUT2D eigenvalue weighted by Crippen LogP contribution is -2.43. The number of carboxylic acid groups (broad SMARTS) is 1. The Morgan fingerprint density at radius 2 is 1.89 bits per heavy atom. The van der Waals surface area contributed by atoms with Crippen molar-refractivity contribution in [3.63, 3.8) is 0 Å². The van der Waals surface area contributed by atoms with E-state index in [1.54, 1.807) is 17.0 Å². The van der Waals surface area contributed by atoms with Crippen LogP contribution in [0.1, 0.15) is 49.9 Å². The monoisotopic (exact) mass is 389 g/mol. The summed E-state index contributed by atoms with van der Waals surface area (Å²) in [6.45, 7) is 4.46. The van der Waals surface area contributed by atoms with Gasteiger partial charge < -0.3 is 20.6 Å². The molecule has 1 saturated heterocycles. The standard InChI is InChI=1S/C20H27N3O5/c1-3-5-17(24)23-11-4-6-15(12-23)19(26)22-16-9-7-14(8-10-16)18(25)21-13(2)20(27)28/h7-10,13,15H,3-6,11-12H2,1-2H3,(H,21,25)(H,22,26)(H,27,28). The molecule has 2 unspecified atom stereocenters. The smallest absolute Gasteiger partial charge is 0.325 e. The van der Waals surface area contributed by atoms with Gasteiger partial charge in [-0.15, -0.1) is 0 Å². The maximum Gasteiger partial charge on any atom is 0.325 e. The molecule has 1 aliphatic rings. The van der Waals surface area contributed by atoms with Crippen LogP contribution in [0.4, 0.5) is 5.69 Å². The first-order chi connectivity index (χ1) is 13.3. The van der Waals surface area contributed by atoms with Gasteiger partial charge in [-0.05, 0) is 50.5 Å². The Bertz CT molecular complexity index is 732. The van der Waals surface area contributed by atoms with Crippen LogP contribution in [-0.4, -0.2) is 52.8 Å². The summed E-state index contributed by atoms with van der Waals surface area (Å²) in [6.07, 6.45) is 2.82. The largest absolute Gasteiger partial charge is 0.480 e. The number of amides is 3. The molecular formula is C20H27N3O5. The van der Waals surface area contributed by atoms with Gasteiger partial charge in [0.05, 0.1) is 5.92 Å². The average Bonchev–Trinajstić information content (AvgIpc) is 2.68. The van der Waals surface area contributed by atoms with Gasteiger partial charge >= 0.3 is 5.97 Å². The number of hydrogen-bond donors (Lipinski definition) is 3. The molecule has 0 bridgehead atoms. The molecule has 1 heterocycles. The molecule has 3 N–H and O–H groups in total. The van der Waals surface area contributed by atoms with Crippen LogP contribution in [0, 0.1) is 5.92 Å². The zero-order valence-corrected chi connectivity index (χ0v) is 16.2. The highest BCUT2D eigenvalue weighted by Gasteiger charge is 2.28. The highest BCUT2D eigenvalue weighted by atomic mass is 16.4. The molecule has 8 nitrogen and oxygen atoms in total. The minimum Gasteiger partial charge on any atom is -0.480 e. The Kier molecular flexibility index (Phi) is 7.54. The molecule has 3 amide bonds. The third-order valence-corrected chi connectivity index (χ3v) is 4.74. The molecule has 1 fully saturated rings. The fourth-order valence-corrected chi connectivity index (χ4v) is 3.08. The van der Waals surface area contributed by atoms with E-state index in [0.717, 1.165) is 19.3 Å². The molecule has 1 aromatic carbocycles. The van der Waals surface area contributed by atoms with Crippen LogP contribution in [-0.2, 0) is 14.4 Å². The summed E-state index contributed by atoms with van der Waals surface area (Å²) in [5.41, 5.74) is 0.852. The topological polar surface area (TPSA) is 116 Å². The van der Waals surface area contributed by atoms with E-state index in [2.05, 4.69) is 10.6 Å². The van der Waals surface area contributed by atoms with E-state index in [9.17, 15) is 19.2 Å². The average molecular weight is 389 g/mol. The maximum atomic E-state index is 12.5. The fourth-order valence-electron chi connectivity index (χ4n) is 3.08. The first-order valence-electron chi connectivity index (χ1n) is 9.54. The first-order valence-corrected chi connectivity index (χ1v) is 9.54. The van der Waals surface area contributed by atoms with E-state index >= 15 is 0 Å². The molecule has 0 radical (unpaired) electrons. The molecule has 1 aliphatic heterocycles. The van der Waals surface area contributed by atoms with Crippen LogP contribution >= 0.6 is 0 Å². The summed E-state index contributed by atoms with van der Waals surface area (Å²) in [7, 11) is 0. The number of benzene rings is 1. The number of carboxylic acids is 1. The number of likely N-dealkylation sites (tertiary alicyclic amines) is 1. The van der Waals surface area contributed by atoms with Crippen LogP contribution in [0.15, 0.2) is 24.3 Å². The van der Waals surface area contributed by atoms with Gasteiger partial charge in [0.25, 0.3) is 5.91 Å². The van der Waals surface area contributed by atoms with Crippen LogP contribution in [0.25, 0.3) is 0 Å². The van der Waals surface area contributed by atoms with Gasteiger partial charge in [-0.3, -0.25) is 19.2 Å². The summed E-state index contributed by atoms with van der Waals surface area (Å²) in [6, 6.07) is 5.26. The second kappa shape index (κ2) is 9.87. The summed E-state index contributed by atoms with van der Waals surface area (Å²) >= 11 is 0.